The Bertz CT molecular complexity index is 785. The highest BCUT2D eigenvalue weighted by atomic mass is 16.5. The Kier molecular flexibility index (Phi) is 5.20. The van der Waals surface area contributed by atoms with E-state index in [2.05, 4.69) is 49.4 Å². The maximum atomic E-state index is 12.9. The lowest BCUT2D eigenvalue weighted by Crippen LogP contribution is -2.61. The third kappa shape index (κ3) is 3.60. The first-order valence-corrected chi connectivity index (χ1v) is 9.40. The summed E-state index contributed by atoms with van der Waals surface area (Å²) in [5, 5.41) is 3.03. The zero-order chi connectivity index (χ0) is 18.6. The number of para-hydroxylation sites is 1. The van der Waals surface area contributed by atoms with E-state index in [9.17, 15) is 4.79 Å². The van der Waals surface area contributed by atoms with Gasteiger partial charge in [-0.1, -0.05) is 18.2 Å². The number of benzene rings is 1. The molecule has 1 amide bonds. The molecule has 1 aromatic heterocycles. The van der Waals surface area contributed by atoms with Gasteiger partial charge in [0.05, 0.1) is 24.8 Å². The molecule has 2 atom stereocenters. The lowest BCUT2D eigenvalue weighted by Gasteiger charge is -2.49. The summed E-state index contributed by atoms with van der Waals surface area (Å²) in [4.78, 5) is 26.2. The van der Waals surface area contributed by atoms with E-state index >= 15 is 0 Å². The number of carbonyl (C=O) groups is 1. The number of piperazine rings is 1. The molecule has 1 saturated heterocycles. The van der Waals surface area contributed by atoms with Gasteiger partial charge in [-0.15, -0.1) is 0 Å². The van der Waals surface area contributed by atoms with Crippen LogP contribution in [0.1, 0.15) is 5.56 Å². The SMILES string of the molecule is COCCNC(=O)[C@@H]1Cc2ccccc2N2CCN(c3cnccn3)C[C@H]12. The molecule has 2 aliphatic rings. The summed E-state index contributed by atoms with van der Waals surface area (Å²) in [5.74, 6) is 0.864. The summed E-state index contributed by atoms with van der Waals surface area (Å²) in [7, 11) is 1.64. The van der Waals surface area contributed by atoms with E-state index in [1.54, 1.807) is 25.7 Å². The summed E-state index contributed by atoms with van der Waals surface area (Å²) >= 11 is 0. The normalized spacial score (nSPS) is 21.4. The number of aromatic nitrogens is 2. The summed E-state index contributed by atoms with van der Waals surface area (Å²) in [6.07, 6.45) is 5.94. The molecular weight excluding hydrogens is 342 g/mol. The summed E-state index contributed by atoms with van der Waals surface area (Å²) in [6, 6.07) is 8.53. The minimum absolute atomic E-state index is 0.0950. The summed E-state index contributed by atoms with van der Waals surface area (Å²) in [5.41, 5.74) is 2.50. The Morgan fingerprint density at radius 3 is 3.00 bits per heavy atom. The van der Waals surface area contributed by atoms with Crippen molar-refractivity contribution in [2.24, 2.45) is 5.92 Å². The molecule has 0 radical (unpaired) electrons. The van der Waals surface area contributed by atoms with Crippen LogP contribution in [-0.4, -0.2) is 61.8 Å². The van der Waals surface area contributed by atoms with Crippen molar-refractivity contribution in [2.45, 2.75) is 12.5 Å². The van der Waals surface area contributed by atoms with Crippen LogP contribution in [0.5, 0.6) is 0 Å². The molecular formula is C20H25N5O2. The number of hydrogen-bond donors (Lipinski definition) is 1. The number of fused-ring (bicyclic) bond motifs is 3. The molecule has 1 fully saturated rings. The molecule has 1 N–H and O–H groups in total. The van der Waals surface area contributed by atoms with Gasteiger partial charge in [0.25, 0.3) is 0 Å². The molecule has 142 valence electrons. The molecule has 2 aliphatic heterocycles. The van der Waals surface area contributed by atoms with Crippen molar-refractivity contribution in [3.05, 3.63) is 48.4 Å². The number of nitrogens with zero attached hydrogens (tertiary/aromatic N) is 4. The van der Waals surface area contributed by atoms with Gasteiger partial charge >= 0.3 is 0 Å². The standard InChI is InChI=1S/C20H25N5O2/c1-27-11-8-23-20(26)16-12-15-4-2-3-5-17(15)25-10-9-24(14-18(16)25)19-13-21-6-7-22-19/h2-7,13,16,18H,8-12,14H2,1H3,(H,23,26)/t16-,18-/m1/s1. The molecule has 4 rings (SSSR count). The third-order valence-electron chi connectivity index (χ3n) is 5.44. The van der Waals surface area contributed by atoms with Crippen molar-refractivity contribution in [2.75, 3.05) is 49.7 Å². The highest BCUT2D eigenvalue weighted by molar-refractivity contribution is 5.82. The second kappa shape index (κ2) is 7.92. The average Bonchev–Trinajstić information content (AvgIpc) is 2.73. The molecule has 0 saturated carbocycles. The van der Waals surface area contributed by atoms with Crippen LogP contribution in [0.2, 0.25) is 0 Å². The molecule has 0 unspecified atom stereocenters. The first-order valence-electron chi connectivity index (χ1n) is 9.40. The van der Waals surface area contributed by atoms with Crippen LogP contribution in [-0.2, 0) is 16.0 Å². The Morgan fingerprint density at radius 2 is 2.19 bits per heavy atom. The van der Waals surface area contributed by atoms with Crippen LogP contribution < -0.4 is 15.1 Å². The predicted octanol–water partition coefficient (Wildman–Crippen LogP) is 1.11. The molecule has 7 heteroatoms. The van der Waals surface area contributed by atoms with Crippen LogP contribution in [0.4, 0.5) is 11.5 Å². The van der Waals surface area contributed by atoms with Crippen LogP contribution in [0.3, 0.4) is 0 Å². The van der Waals surface area contributed by atoms with Gasteiger partial charge in [-0.2, -0.15) is 0 Å². The zero-order valence-electron chi connectivity index (χ0n) is 15.5. The van der Waals surface area contributed by atoms with Crippen molar-refractivity contribution in [1.29, 1.82) is 0 Å². The van der Waals surface area contributed by atoms with Crippen LogP contribution in [0, 0.1) is 5.92 Å². The fraction of sp³-hybridized carbons (Fsp3) is 0.450. The monoisotopic (exact) mass is 367 g/mol. The number of ether oxygens (including phenoxy) is 1. The Labute approximate surface area is 159 Å². The lowest BCUT2D eigenvalue weighted by atomic mass is 9.83. The molecule has 0 aliphatic carbocycles. The van der Waals surface area contributed by atoms with Crippen molar-refractivity contribution in [3.63, 3.8) is 0 Å². The zero-order valence-corrected chi connectivity index (χ0v) is 15.5. The van der Waals surface area contributed by atoms with Crippen LogP contribution >= 0.6 is 0 Å². The van der Waals surface area contributed by atoms with Crippen LogP contribution in [0.25, 0.3) is 0 Å². The quantitative estimate of drug-likeness (QED) is 0.799. The molecule has 7 nitrogen and oxygen atoms in total. The molecule has 0 bridgehead atoms. The van der Waals surface area contributed by atoms with E-state index < -0.39 is 0 Å². The predicted molar refractivity (Wildman–Crippen MR) is 104 cm³/mol. The second-order valence-corrected chi connectivity index (χ2v) is 6.99. The van der Waals surface area contributed by atoms with Gasteiger partial charge in [-0.25, -0.2) is 4.98 Å². The van der Waals surface area contributed by atoms with E-state index in [0.717, 1.165) is 31.9 Å². The number of anilines is 2. The maximum absolute atomic E-state index is 12.9. The number of methoxy groups -OCH3 is 1. The minimum Gasteiger partial charge on any atom is -0.383 e. The van der Waals surface area contributed by atoms with E-state index in [1.165, 1.54) is 11.3 Å². The molecule has 3 heterocycles. The van der Waals surface area contributed by atoms with Gasteiger partial charge in [0.2, 0.25) is 5.91 Å². The van der Waals surface area contributed by atoms with Gasteiger partial charge in [-0.3, -0.25) is 9.78 Å². The Morgan fingerprint density at radius 1 is 1.30 bits per heavy atom. The molecule has 1 aromatic carbocycles. The van der Waals surface area contributed by atoms with Crippen LogP contribution in [0.15, 0.2) is 42.9 Å². The smallest absolute Gasteiger partial charge is 0.225 e. The van der Waals surface area contributed by atoms with E-state index in [-0.39, 0.29) is 17.9 Å². The summed E-state index contributed by atoms with van der Waals surface area (Å²) in [6.45, 7) is 3.54. The first-order chi connectivity index (χ1) is 13.3. The highest BCUT2D eigenvalue weighted by Gasteiger charge is 2.41. The molecule has 2 aromatic rings. The number of rotatable bonds is 5. The first kappa shape index (κ1) is 17.7. The Balaban J connectivity index is 1.59. The fourth-order valence-electron chi connectivity index (χ4n) is 4.13. The van der Waals surface area contributed by atoms with Gasteiger partial charge in [0.1, 0.15) is 5.82 Å². The molecule has 27 heavy (non-hydrogen) atoms. The minimum atomic E-state index is -0.101. The van der Waals surface area contributed by atoms with Crippen molar-refractivity contribution >= 4 is 17.4 Å². The summed E-state index contributed by atoms with van der Waals surface area (Å²) < 4.78 is 5.07. The van der Waals surface area contributed by atoms with Crippen molar-refractivity contribution in [3.8, 4) is 0 Å². The van der Waals surface area contributed by atoms with E-state index in [4.69, 9.17) is 4.74 Å². The van der Waals surface area contributed by atoms with E-state index in [1.807, 2.05) is 0 Å². The number of hydrogen-bond acceptors (Lipinski definition) is 6. The number of carbonyl (C=O) groups excluding carboxylic acids is 1. The van der Waals surface area contributed by atoms with Gasteiger partial charge in [-0.05, 0) is 18.1 Å². The number of amides is 1. The van der Waals surface area contributed by atoms with Gasteiger partial charge < -0.3 is 19.9 Å². The lowest BCUT2D eigenvalue weighted by molar-refractivity contribution is -0.126. The third-order valence-corrected chi connectivity index (χ3v) is 5.44. The van der Waals surface area contributed by atoms with Gasteiger partial charge in [0, 0.05) is 51.4 Å². The number of nitrogens with one attached hydrogen (secondary N) is 1. The topological polar surface area (TPSA) is 70.6 Å². The fourth-order valence-corrected chi connectivity index (χ4v) is 4.13. The Hall–Kier alpha value is -2.67. The second-order valence-electron chi connectivity index (χ2n) is 6.99. The highest BCUT2D eigenvalue weighted by Crippen LogP contribution is 2.36. The van der Waals surface area contributed by atoms with Crippen molar-refractivity contribution in [1.82, 2.24) is 15.3 Å². The van der Waals surface area contributed by atoms with E-state index in [0.29, 0.717) is 13.2 Å². The molecule has 0 spiro atoms. The average molecular weight is 367 g/mol. The largest absolute Gasteiger partial charge is 0.383 e. The van der Waals surface area contributed by atoms with Gasteiger partial charge in [0.15, 0.2) is 0 Å². The maximum Gasteiger partial charge on any atom is 0.225 e. The van der Waals surface area contributed by atoms with Crippen molar-refractivity contribution < 1.29 is 9.53 Å².